The van der Waals surface area contributed by atoms with Crippen LogP contribution in [-0.2, 0) is 14.3 Å². The lowest BCUT2D eigenvalue weighted by Gasteiger charge is -2.16. The first kappa shape index (κ1) is 14.2. The maximum absolute atomic E-state index is 11.5. The Morgan fingerprint density at radius 2 is 2.28 bits per heavy atom. The van der Waals surface area contributed by atoms with Crippen molar-refractivity contribution in [1.29, 1.82) is 0 Å². The van der Waals surface area contributed by atoms with Crippen LogP contribution in [0.3, 0.4) is 0 Å². The Bertz CT molecular complexity index is 338. The number of nitrogens with zero attached hydrogens (tertiary/aromatic N) is 1. The molecule has 0 aromatic heterocycles. The second-order valence-electron chi connectivity index (χ2n) is 4.07. The fourth-order valence-corrected chi connectivity index (χ4v) is 1.66. The summed E-state index contributed by atoms with van der Waals surface area (Å²) in [5.41, 5.74) is 0. The summed E-state index contributed by atoms with van der Waals surface area (Å²) in [6.07, 6.45) is 0.519. The Morgan fingerprint density at radius 1 is 1.61 bits per heavy atom. The van der Waals surface area contributed by atoms with Gasteiger partial charge < -0.3 is 25.4 Å². The van der Waals surface area contributed by atoms with Crippen LogP contribution < -0.4 is 10.6 Å². The Hall–Kier alpha value is -1.83. The number of likely N-dealkylation sites (tertiary alicyclic amines) is 1. The number of methoxy groups -OCH3 is 1. The van der Waals surface area contributed by atoms with Gasteiger partial charge in [0.15, 0.2) is 6.04 Å². The number of nitrogens with one attached hydrogen (secondary N) is 2. The van der Waals surface area contributed by atoms with Crippen molar-refractivity contribution in [2.45, 2.75) is 18.5 Å². The molecule has 2 unspecified atom stereocenters. The van der Waals surface area contributed by atoms with Crippen LogP contribution in [-0.4, -0.2) is 67.3 Å². The lowest BCUT2D eigenvalue weighted by atomic mass is 10.2. The predicted octanol–water partition coefficient (Wildman–Crippen LogP) is -1.38. The van der Waals surface area contributed by atoms with Gasteiger partial charge in [0, 0.05) is 20.7 Å². The summed E-state index contributed by atoms with van der Waals surface area (Å²) in [5, 5.41) is 13.5. The quantitative estimate of drug-likeness (QED) is 0.563. The van der Waals surface area contributed by atoms with Crippen LogP contribution in [0, 0.1) is 0 Å². The molecule has 2 atom stereocenters. The summed E-state index contributed by atoms with van der Waals surface area (Å²) in [6, 6.07) is -2.41. The van der Waals surface area contributed by atoms with Crippen molar-refractivity contribution in [2.24, 2.45) is 0 Å². The molecule has 1 heterocycles. The third kappa shape index (κ3) is 3.59. The molecule has 0 saturated carbocycles. The molecule has 1 aliphatic rings. The number of carboxylic acid groups (broad SMARTS) is 1. The normalized spacial score (nSPS) is 20.7. The molecule has 8 nitrogen and oxygen atoms in total. The van der Waals surface area contributed by atoms with E-state index < -0.39 is 24.1 Å². The van der Waals surface area contributed by atoms with Crippen molar-refractivity contribution < 1.29 is 24.2 Å². The molecular weight excluding hydrogens is 242 g/mol. The second kappa shape index (κ2) is 6.20. The van der Waals surface area contributed by atoms with E-state index in [-0.39, 0.29) is 12.5 Å². The highest BCUT2D eigenvalue weighted by atomic mass is 16.5. The van der Waals surface area contributed by atoms with E-state index in [2.05, 4.69) is 15.4 Å². The molecule has 18 heavy (non-hydrogen) atoms. The minimum atomic E-state index is -1.19. The fraction of sp³-hybridized carbons (Fsp3) is 0.700. The SMILES string of the molecule is COCC(NC(=O)NC1CCN(C)C1=O)C(=O)O. The maximum atomic E-state index is 11.5. The van der Waals surface area contributed by atoms with Crippen LogP contribution in [0.2, 0.25) is 0 Å². The van der Waals surface area contributed by atoms with E-state index in [1.165, 1.54) is 12.0 Å². The van der Waals surface area contributed by atoms with Crippen LogP contribution in [0.25, 0.3) is 0 Å². The molecule has 3 amide bonds. The molecule has 0 aliphatic carbocycles. The molecule has 3 N–H and O–H groups in total. The number of carbonyl (C=O) groups excluding carboxylic acids is 2. The Morgan fingerprint density at radius 3 is 2.72 bits per heavy atom. The van der Waals surface area contributed by atoms with E-state index in [0.717, 1.165) is 0 Å². The first-order valence-electron chi connectivity index (χ1n) is 5.49. The molecule has 1 fully saturated rings. The van der Waals surface area contributed by atoms with Crippen molar-refractivity contribution in [1.82, 2.24) is 15.5 Å². The monoisotopic (exact) mass is 259 g/mol. The number of likely N-dealkylation sites (N-methyl/N-ethyl adjacent to an activating group) is 1. The van der Waals surface area contributed by atoms with E-state index in [1.807, 2.05) is 0 Å². The zero-order valence-electron chi connectivity index (χ0n) is 10.3. The zero-order valence-corrected chi connectivity index (χ0v) is 10.3. The van der Waals surface area contributed by atoms with Gasteiger partial charge in [-0.15, -0.1) is 0 Å². The van der Waals surface area contributed by atoms with Crippen molar-refractivity contribution in [3.8, 4) is 0 Å². The van der Waals surface area contributed by atoms with E-state index >= 15 is 0 Å². The largest absolute Gasteiger partial charge is 0.480 e. The van der Waals surface area contributed by atoms with Gasteiger partial charge in [0.05, 0.1) is 6.61 Å². The Labute approximate surface area is 104 Å². The van der Waals surface area contributed by atoms with Gasteiger partial charge in [-0.2, -0.15) is 0 Å². The summed E-state index contributed by atoms with van der Waals surface area (Å²) in [6.45, 7) is 0.436. The smallest absolute Gasteiger partial charge is 0.328 e. The first-order chi connectivity index (χ1) is 8.45. The van der Waals surface area contributed by atoms with E-state index in [9.17, 15) is 14.4 Å². The number of urea groups is 1. The Kier molecular flexibility index (Phi) is 4.90. The molecule has 1 rings (SSSR count). The van der Waals surface area contributed by atoms with Crippen molar-refractivity contribution in [3.63, 3.8) is 0 Å². The number of rotatable bonds is 5. The average Bonchev–Trinajstić information content (AvgIpc) is 2.60. The fourth-order valence-electron chi connectivity index (χ4n) is 1.66. The predicted molar refractivity (Wildman–Crippen MR) is 61.0 cm³/mol. The van der Waals surface area contributed by atoms with E-state index in [4.69, 9.17) is 5.11 Å². The lowest BCUT2D eigenvalue weighted by Crippen LogP contribution is -2.52. The number of aliphatic carboxylic acids is 1. The first-order valence-corrected chi connectivity index (χ1v) is 5.49. The molecule has 8 heteroatoms. The van der Waals surface area contributed by atoms with Crippen molar-refractivity contribution >= 4 is 17.9 Å². The zero-order chi connectivity index (χ0) is 13.7. The maximum Gasteiger partial charge on any atom is 0.328 e. The minimum absolute atomic E-state index is 0.138. The summed E-state index contributed by atoms with van der Waals surface area (Å²) < 4.78 is 4.68. The van der Waals surface area contributed by atoms with E-state index in [1.54, 1.807) is 7.05 Å². The number of hydrogen-bond acceptors (Lipinski definition) is 4. The van der Waals surface area contributed by atoms with Gasteiger partial charge in [0.1, 0.15) is 6.04 Å². The number of hydrogen-bond donors (Lipinski definition) is 3. The number of carboxylic acids is 1. The third-order valence-corrected chi connectivity index (χ3v) is 2.67. The van der Waals surface area contributed by atoms with Crippen LogP contribution >= 0.6 is 0 Å². The second-order valence-corrected chi connectivity index (χ2v) is 4.07. The molecular formula is C10H17N3O5. The standard InChI is InChI=1S/C10H17N3O5/c1-13-4-3-6(8(13)14)11-10(17)12-7(5-18-2)9(15)16/h6-7H,3-5H2,1-2H3,(H,15,16)(H2,11,12,17). The molecule has 1 saturated heterocycles. The Balaban J connectivity index is 2.45. The molecule has 0 aromatic carbocycles. The number of amides is 3. The molecule has 0 spiro atoms. The average molecular weight is 259 g/mol. The number of ether oxygens (including phenoxy) is 1. The molecule has 0 aromatic rings. The molecule has 0 bridgehead atoms. The van der Waals surface area contributed by atoms with Gasteiger partial charge >= 0.3 is 12.0 Å². The molecule has 0 radical (unpaired) electrons. The summed E-state index contributed by atoms with van der Waals surface area (Å²) >= 11 is 0. The lowest BCUT2D eigenvalue weighted by molar-refractivity contribution is -0.140. The van der Waals surface area contributed by atoms with Gasteiger partial charge in [-0.1, -0.05) is 0 Å². The van der Waals surface area contributed by atoms with Gasteiger partial charge in [-0.3, -0.25) is 4.79 Å². The van der Waals surface area contributed by atoms with Gasteiger partial charge in [0.25, 0.3) is 0 Å². The molecule has 102 valence electrons. The van der Waals surface area contributed by atoms with Crippen LogP contribution in [0.4, 0.5) is 4.79 Å². The molecule has 1 aliphatic heterocycles. The summed E-state index contributed by atoms with van der Waals surface area (Å²) in [4.78, 5) is 35.3. The van der Waals surface area contributed by atoms with Gasteiger partial charge in [0.2, 0.25) is 5.91 Å². The minimum Gasteiger partial charge on any atom is -0.480 e. The van der Waals surface area contributed by atoms with Crippen molar-refractivity contribution in [2.75, 3.05) is 27.3 Å². The van der Waals surface area contributed by atoms with Crippen molar-refractivity contribution in [3.05, 3.63) is 0 Å². The highest BCUT2D eigenvalue weighted by Gasteiger charge is 2.31. The topological polar surface area (TPSA) is 108 Å². The van der Waals surface area contributed by atoms with Crippen LogP contribution in [0.1, 0.15) is 6.42 Å². The summed E-state index contributed by atoms with van der Waals surface area (Å²) in [7, 11) is 2.98. The van der Waals surface area contributed by atoms with Gasteiger partial charge in [-0.05, 0) is 6.42 Å². The van der Waals surface area contributed by atoms with Gasteiger partial charge in [-0.25, -0.2) is 9.59 Å². The third-order valence-electron chi connectivity index (χ3n) is 2.67. The highest BCUT2D eigenvalue weighted by molar-refractivity contribution is 5.89. The van der Waals surface area contributed by atoms with Crippen LogP contribution in [0.15, 0.2) is 0 Å². The van der Waals surface area contributed by atoms with E-state index in [0.29, 0.717) is 13.0 Å². The number of carbonyl (C=O) groups is 3. The summed E-state index contributed by atoms with van der Waals surface area (Å²) in [5.74, 6) is -1.37. The van der Waals surface area contributed by atoms with Crippen LogP contribution in [0.5, 0.6) is 0 Å². The highest BCUT2D eigenvalue weighted by Crippen LogP contribution is 2.07.